The van der Waals surface area contributed by atoms with Gasteiger partial charge < -0.3 is 19.4 Å². The molecule has 110 heavy (non-hydrogen) atoms. The Morgan fingerprint density at radius 2 is 0.755 bits per heavy atom. The van der Waals surface area contributed by atoms with Crippen molar-refractivity contribution in [3.63, 3.8) is 0 Å². The summed E-state index contributed by atoms with van der Waals surface area (Å²) in [6, 6.07) is 51.4. The number of imidazole rings is 2. The number of hydrogen-bond acceptors (Lipinski definition) is 4. The lowest BCUT2D eigenvalue weighted by Crippen LogP contribution is -2.15. The van der Waals surface area contributed by atoms with Crippen LogP contribution in [0.1, 0.15) is 280 Å². The molecule has 0 saturated heterocycles. The van der Waals surface area contributed by atoms with Crippen LogP contribution in [0.15, 0.2) is 163 Å². The average molecular weight is 1810 g/mol. The lowest BCUT2D eigenvalue weighted by Gasteiger charge is -2.23. The maximum Gasteiger partial charge on any atom is 0.145 e. The molecule has 0 aliphatic heterocycles. The number of nitrogens with zero attached hydrogens (tertiary/aromatic N) is 3. The van der Waals surface area contributed by atoms with Crippen molar-refractivity contribution < 1.29 is 9.84 Å². The second kappa shape index (κ2) is 47.5. The van der Waals surface area contributed by atoms with Gasteiger partial charge in [-0.25, -0.2) is 9.97 Å². The number of rotatable bonds is 44. The number of unbranched alkanes of at least 4 members (excludes halogenated alkanes) is 24. The summed E-state index contributed by atoms with van der Waals surface area (Å²) in [6.45, 7) is 15.6. The summed E-state index contributed by atoms with van der Waals surface area (Å²) >= 11 is 18.7. The Hall–Kier alpha value is -5.30. The van der Waals surface area contributed by atoms with E-state index in [-0.39, 0.29) is 13.2 Å². The van der Waals surface area contributed by atoms with E-state index in [1.54, 1.807) is 6.07 Å². The predicted octanol–water partition coefficient (Wildman–Crippen LogP) is 35.0. The van der Waals surface area contributed by atoms with Crippen LogP contribution in [0.5, 0.6) is 11.5 Å². The smallest absolute Gasteiger partial charge is 0.145 e. The van der Waals surface area contributed by atoms with Gasteiger partial charge in [0.05, 0.1) is 39.8 Å². The number of ether oxygens (including phenoxy) is 1. The molecule has 3 atom stereocenters. The van der Waals surface area contributed by atoms with Crippen LogP contribution in [0.4, 0.5) is 0 Å². The molecule has 0 aliphatic rings. The van der Waals surface area contributed by atoms with Crippen molar-refractivity contribution in [2.45, 2.75) is 287 Å². The van der Waals surface area contributed by atoms with E-state index in [0.29, 0.717) is 17.7 Å². The Morgan fingerprint density at radius 1 is 0.373 bits per heavy atom. The fourth-order valence-electron chi connectivity index (χ4n) is 16.7. The number of aromatic nitrogens is 4. The van der Waals surface area contributed by atoms with Gasteiger partial charge in [-0.3, -0.25) is 0 Å². The van der Waals surface area contributed by atoms with Crippen molar-refractivity contribution in [3.05, 3.63) is 163 Å². The largest absolute Gasteiger partial charge is 0.507 e. The first-order chi connectivity index (χ1) is 53.4. The third-order valence-corrected chi connectivity index (χ3v) is 25.8. The van der Waals surface area contributed by atoms with E-state index in [4.69, 9.17) is 14.7 Å². The fourth-order valence-corrected chi connectivity index (χ4v) is 18.8. The monoisotopic (exact) mass is 1800 g/mol. The zero-order valence-electron chi connectivity index (χ0n) is 66.8. The van der Waals surface area contributed by atoms with Crippen molar-refractivity contribution in [1.29, 1.82) is 0 Å². The Bertz CT molecular complexity index is 4690. The molecule has 0 radical (unpaired) electrons. The second-order valence-electron chi connectivity index (χ2n) is 31.4. The van der Waals surface area contributed by atoms with Crippen molar-refractivity contribution in [3.8, 4) is 34.3 Å². The molecule has 12 aromatic rings. The molecule has 0 fully saturated rings. The minimum Gasteiger partial charge on any atom is -0.507 e. The summed E-state index contributed by atoms with van der Waals surface area (Å²) in [5.41, 5.74) is 6.05. The molecule has 12 rings (SSSR count). The first-order valence-electron chi connectivity index (χ1n) is 42.7. The van der Waals surface area contributed by atoms with E-state index in [2.05, 4.69) is 240 Å². The van der Waals surface area contributed by atoms with E-state index >= 15 is 0 Å². The van der Waals surface area contributed by atoms with Crippen LogP contribution in [0.2, 0.25) is 0 Å². The zero-order chi connectivity index (χ0) is 76.7. The van der Waals surface area contributed by atoms with Crippen LogP contribution in [0.3, 0.4) is 0 Å². The van der Waals surface area contributed by atoms with Crippen LogP contribution >= 0.6 is 79.6 Å². The Labute approximate surface area is 703 Å². The van der Waals surface area contributed by atoms with Gasteiger partial charge >= 0.3 is 0 Å². The van der Waals surface area contributed by atoms with Crippen LogP contribution in [0, 0.1) is 17.8 Å². The number of H-pyrrole nitrogens is 1. The van der Waals surface area contributed by atoms with Gasteiger partial charge in [0, 0.05) is 51.3 Å². The van der Waals surface area contributed by atoms with E-state index in [1.165, 1.54) is 274 Å². The standard InChI is InChI=1S/C57H78Br2N2O.C25H14Br2N2O.C16H33Br.CH4/c1-5-9-13-17-19-23-28-43(27-21-15-11-7-3)41-61-56-52-40-47(59)35-37-50(52)49-36-34-46(58)39-51(49)55(56)60-57(61)54-48-32-26-25-31-45(48)33-38-53(54)62-42-44(29-22-16-12-8-4)30-24-20-18-14-10-6-2;26-14-6-8-17-18-9-7-15(27)12-20(18)24-23(19(17)11-14)28-25(29-24)22-16-4-2-1-3-13(16)5-10-21(22)30;1-3-5-7-9-10-12-14-16(15-17)13-11-8-6-4-2;/h25-26,31-40,43-44H,5-24,27-30,41-42H2,1-4H3;1-12,30H,(H,28,29);16H,3-15H2,1-2H3;1H4. The molecule has 11 heteroatoms. The van der Waals surface area contributed by atoms with Crippen molar-refractivity contribution in [2.24, 2.45) is 17.8 Å². The molecule has 0 amide bonds. The third kappa shape index (κ3) is 24.6. The summed E-state index contributed by atoms with van der Waals surface area (Å²) in [6.07, 6.45) is 48.6. The van der Waals surface area contributed by atoms with Gasteiger partial charge in [-0.05, 0) is 160 Å². The molecule has 0 spiro atoms. The summed E-state index contributed by atoms with van der Waals surface area (Å²) < 4.78 is 14.1. The highest BCUT2D eigenvalue weighted by molar-refractivity contribution is 9.11. The van der Waals surface area contributed by atoms with Crippen molar-refractivity contribution in [2.75, 3.05) is 11.9 Å². The summed E-state index contributed by atoms with van der Waals surface area (Å²) in [5, 5.41) is 25.9. The van der Waals surface area contributed by atoms with E-state index in [0.717, 1.165) is 109 Å². The molecular weight excluding hydrogens is 1680 g/mol. The summed E-state index contributed by atoms with van der Waals surface area (Å²) in [4.78, 5) is 14.4. The molecule has 10 aromatic carbocycles. The lowest BCUT2D eigenvalue weighted by atomic mass is 9.93. The number of hydrogen-bond donors (Lipinski definition) is 2. The Morgan fingerprint density at radius 3 is 1.24 bits per heavy atom. The molecule has 0 bridgehead atoms. The van der Waals surface area contributed by atoms with E-state index in [1.807, 2.05) is 30.3 Å². The first-order valence-corrected chi connectivity index (χ1v) is 47.0. The molecule has 3 unspecified atom stereocenters. The van der Waals surface area contributed by atoms with Gasteiger partial charge in [0.2, 0.25) is 0 Å². The molecule has 6 nitrogen and oxygen atoms in total. The minimum absolute atomic E-state index is 0. The zero-order valence-corrected chi connectivity index (χ0v) is 74.7. The van der Waals surface area contributed by atoms with Gasteiger partial charge in [-0.15, -0.1) is 0 Å². The van der Waals surface area contributed by atoms with Crippen LogP contribution in [-0.2, 0) is 6.54 Å². The van der Waals surface area contributed by atoms with Crippen molar-refractivity contribution >= 4 is 166 Å². The van der Waals surface area contributed by atoms with Gasteiger partial charge in [-0.1, -0.05) is 406 Å². The number of aromatic amines is 1. The van der Waals surface area contributed by atoms with E-state index in [9.17, 15) is 5.11 Å². The Balaban J connectivity index is 0.000000237. The number of aromatic hydroxyl groups is 1. The number of nitrogens with one attached hydrogen (secondary N) is 1. The number of fused-ring (bicyclic) bond motifs is 14. The molecule has 2 heterocycles. The molecule has 2 N–H and O–H groups in total. The van der Waals surface area contributed by atoms with Gasteiger partial charge in [-0.2, -0.15) is 0 Å². The topological polar surface area (TPSA) is 76.0 Å². The van der Waals surface area contributed by atoms with Gasteiger partial charge in [0.1, 0.15) is 23.1 Å². The first kappa shape index (κ1) is 88.6. The van der Waals surface area contributed by atoms with Crippen LogP contribution in [0.25, 0.3) is 109 Å². The van der Waals surface area contributed by atoms with Crippen LogP contribution in [-0.4, -0.2) is 36.6 Å². The highest BCUT2D eigenvalue weighted by Crippen LogP contribution is 2.46. The number of alkyl halides is 1. The summed E-state index contributed by atoms with van der Waals surface area (Å²) in [5.74, 6) is 4.97. The maximum absolute atomic E-state index is 10.7. The number of halogens is 5. The Kier molecular flexibility index (Phi) is 38.3. The van der Waals surface area contributed by atoms with Crippen molar-refractivity contribution in [1.82, 2.24) is 19.5 Å². The minimum atomic E-state index is 0. The van der Waals surface area contributed by atoms with Crippen LogP contribution < -0.4 is 4.74 Å². The average Bonchev–Trinajstić information content (AvgIpc) is 1.55. The predicted molar refractivity (Wildman–Crippen MR) is 501 cm³/mol. The molecule has 0 saturated carbocycles. The lowest BCUT2D eigenvalue weighted by molar-refractivity contribution is 0.225. The highest BCUT2D eigenvalue weighted by Gasteiger charge is 2.27. The quantitative estimate of drug-likeness (QED) is 0.0227. The molecule has 592 valence electrons. The van der Waals surface area contributed by atoms with Gasteiger partial charge in [0.15, 0.2) is 0 Å². The third-order valence-electron chi connectivity index (χ3n) is 22.9. The highest BCUT2D eigenvalue weighted by atomic mass is 79.9. The summed E-state index contributed by atoms with van der Waals surface area (Å²) in [7, 11) is 0. The molecule has 2 aromatic heterocycles. The number of phenols is 1. The SMILES string of the molecule is C.CCCCCCCCC(CBr)CCCCCC.CCCCCCCCC(CCCCCC)COc1ccc2ccccc2c1-c1nc2c3cc(Br)ccc3c3ccc(Br)cc3c2n1CC(CCCCCC)CCCCCCCC.Oc1ccc2ccccc2c1-c1nc2c3cc(Br)ccc3c3ccc(Br)cc3c2[nH]1. The fraction of sp³-hybridized carbons (Fsp3) is 0.495. The van der Waals surface area contributed by atoms with E-state index < -0.39 is 0 Å². The molecule has 0 aliphatic carbocycles. The second-order valence-corrected chi connectivity index (χ2v) is 35.7. The van der Waals surface area contributed by atoms with Gasteiger partial charge in [0.25, 0.3) is 0 Å². The maximum atomic E-state index is 10.7. The molecular formula is C99H129Br5N4O2. The normalized spacial score (nSPS) is 12.5. The number of benzene rings is 10. The number of phenolic OH excluding ortho intramolecular Hbond substituents is 1.